The second-order valence-electron chi connectivity index (χ2n) is 7.46. The molecule has 1 saturated carbocycles. The molecule has 0 bridgehead atoms. The maximum absolute atomic E-state index is 12.7. The molecule has 2 amide bonds. The van der Waals surface area contributed by atoms with Gasteiger partial charge in [0.1, 0.15) is 0 Å². The minimum Gasteiger partial charge on any atom is -0.481 e. The molecule has 1 aromatic carbocycles. The number of aromatic nitrogens is 2. The third-order valence-electron chi connectivity index (χ3n) is 5.75. The first kappa shape index (κ1) is 17.5. The van der Waals surface area contributed by atoms with Crippen LogP contribution in [-0.4, -0.2) is 45.1 Å². The molecule has 2 atom stereocenters. The minimum absolute atomic E-state index is 0.0489. The van der Waals surface area contributed by atoms with Gasteiger partial charge in [-0.1, -0.05) is 18.6 Å². The van der Waals surface area contributed by atoms with Gasteiger partial charge < -0.3 is 15.3 Å². The van der Waals surface area contributed by atoms with Gasteiger partial charge in [-0.2, -0.15) is 0 Å². The Morgan fingerprint density at radius 2 is 2.19 bits per heavy atom. The smallest absolute Gasteiger partial charge is 0.321 e. The van der Waals surface area contributed by atoms with Crippen molar-refractivity contribution in [2.75, 3.05) is 18.4 Å². The molecule has 7 heteroatoms. The maximum atomic E-state index is 12.7. The normalized spacial score (nSPS) is 23.9. The van der Waals surface area contributed by atoms with Gasteiger partial charge in [-0.3, -0.25) is 4.79 Å². The lowest BCUT2D eigenvalue weighted by molar-refractivity contribution is -0.149. The number of hydrogen-bond donors (Lipinski definition) is 2. The number of hydrogen-bond acceptors (Lipinski definition) is 4. The summed E-state index contributed by atoms with van der Waals surface area (Å²) in [6.45, 7) is 2.68. The number of carbonyl (C=O) groups is 2. The SMILES string of the molecule is Cc1ccnc(-c2cccc(NC(=O)N3C[C@@H]4CCC[C@@]4(C(=O)O)C3)c2)n1. The van der Waals surface area contributed by atoms with Crippen LogP contribution in [0, 0.1) is 18.3 Å². The van der Waals surface area contributed by atoms with Crippen LogP contribution in [0.15, 0.2) is 36.5 Å². The summed E-state index contributed by atoms with van der Waals surface area (Å²) >= 11 is 0. The van der Waals surface area contributed by atoms with Crippen LogP contribution in [0.25, 0.3) is 11.4 Å². The van der Waals surface area contributed by atoms with E-state index >= 15 is 0 Å². The zero-order chi connectivity index (χ0) is 19.0. The molecular weight excluding hydrogens is 344 g/mol. The standard InChI is InChI=1S/C20H22N4O3/c1-13-7-9-21-17(22-13)14-4-2-6-16(10-14)23-19(27)24-11-15-5-3-8-20(15,12-24)18(25)26/h2,4,6-7,9-10,15H,3,5,8,11-12H2,1H3,(H,23,27)(H,25,26)/t15-,20+/m0/s1. The van der Waals surface area contributed by atoms with Crippen LogP contribution in [0.2, 0.25) is 0 Å². The number of nitrogens with one attached hydrogen (secondary N) is 1. The average Bonchev–Trinajstić information content (AvgIpc) is 3.20. The first-order valence-electron chi connectivity index (χ1n) is 9.17. The number of likely N-dealkylation sites (tertiary alicyclic amines) is 1. The number of fused-ring (bicyclic) bond motifs is 1. The van der Waals surface area contributed by atoms with Gasteiger partial charge in [0.15, 0.2) is 5.82 Å². The second-order valence-corrected chi connectivity index (χ2v) is 7.46. The Balaban J connectivity index is 1.49. The summed E-state index contributed by atoms with van der Waals surface area (Å²) in [6, 6.07) is 8.94. The van der Waals surface area contributed by atoms with Gasteiger partial charge in [0.25, 0.3) is 0 Å². The fourth-order valence-electron chi connectivity index (χ4n) is 4.32. The van der Waals surface area contributed by atoms with E-state index in [9.17, 15) is 14.7 Å². The zero-order valence-corrected chi connectivity index (χ0v) is 15.2. The number of aryl methyl sites for hydroxylation is 1. The maximum Gasteiger partial charge on any atom is 0.321 e. The second kappa shape index (κ2) is 6.64. The van der Waals surface area contributed by atoms with Crippen LogP contribution in [-0.2, 0) is 4.79 Å². The van der Waals surface area contributed by atoms with Crippen LogP contribution in [0.5, 0.6) is 0 Å². The van der Waals surface area contributed by atoms with Gasteiger partial charge in [-0.15, -0.1) is 0 Å². The van der Waals surface area contributed by atoms with Crippen molar-refractivity contribution in [3.05, 3.63) is 42.2 Å². The van der Waals surface area contributed by atoms with E-state index in [1.54, 1.807) is 17.2 Å². The van der Waals surface area contributed by atoms with Crippen molar-refractivity contribution in [2.45, 2.75) is 26.2 Å². The van der Waals surface area contributed by atoms with Crippen molar-refractivity contribution in [2.24, 2.45) is 11.3 Å². The summed E-state index contributed by atoms with van der Waals surface area (Å²) in [6.07, 6.45) is 4.15. The van der Waals surface area contributed by atoms with E-state index in [4.69, 9.17) is 0 Å². The van der Waals surface area contributed by atoms with E-state index in [-0.39, 0.29) is 18.5 Å². The third-order valence-corrected chi connectivity index (χ3v) is 5.75. The summed E-state index contributed by atoms with van der Waals surface area (Å²) in [7, 11) is 0. The molecule has 2 N–H and O–H groups in total. The summed E-state index contributed by atoms with van der Waals surface area (Å²) < 4.78 is 0. The summed E-state index contributed by atoms with van der Waals surface area (Å²) in [5, 5.41) is 12.6. The van der Waals surface area contributed by atoms with Crippen LogP contribution in [0.3, 0.4) is 0 Å². The molecule has 0 unspecified atom stereocenters. The van der Waals surface area contributed by atoms with Crippen LogP contribution >= 0.6 is 0 Å². The molecule has 0 radical (unpaired) electrons. The summed E-state index contributed by atoms with van der Waals surface area (Å²) in [5.74, 6) is -0.127. The van der Waals surface area contributed by atoms with Crippen molar-refractivity contribution >= 4 is 17.7 Å². The van der Waals surface area contributed by atoms with E-state index in [1.807, 2.05) is 31.2 Å². The van der Waals surface area contributed by atoms with Crippen molar-refractivity contribution in [1.29, 1.82) is 0 Å². The quantitative estimate of drug-likeness (QED) is 0.870. The van der Waals surface area contributed by atoms with E-state index in [2.05, 4.69) is 15.3 Å². The van der Waals surface area contributed by atoms with Gasteiger partial charge in [0.05, 0.1) is 5.41 Å². The van der Waals surface area contributed by atoms with E-state index < -0.39 is 11.4 Å². The van der Waals surface area contributed by atoms with Gasteiger partial charge in [-0.25, -0.2) is 14.8 Å². The Morgan fingerprint density at radius 3 is 2.93 bits per heavy atom. The van der Waals surface area contributed by atoms with Crippen LogP contribution in [0.4, 0.5) is 10.5 Å². The lowest BCUT2D eigenvalue weighted by atomic mass is 9.81. The first-order chi connectivity index (χ1) is 13.0. The van der Waals surface area contributed by atoms with E-state index in [0.717, 1.165) is 24.1 Å². The predicted molar refractivity (Wildman–Crippen MR) is 100 cm³/mol. The number of urea groups is 1. The molecule has 1 aromatic heterocycles. The Bertz CT molecular complexity index is 900. The summed E-state index contributed by atoms with van der Waals surface area (Å²) in [4.78, 5) is 34.8. The number of rotatable bonds is 3. The van der Waals surface area contributed by atoms with Crippen LogP contribution in [0.1, 0.15) is 25.0 Å². The number of amides is 2. The number of benzene rings is 1. The fraction of sp³-hybridized carbons (Fsp3) is 0.400. The number of carboxylic acids is 1. The molecule has 1 aliphatic heterocycles. The highest BCUT2D eigenvalue weighted by molar-refractivity contribution is 5.91. The minimum atomic E-state index is -0.779. The zero-order valence-electron chi connectivity index (χ0n) is 15.2. The highest BCUT2D eigenvalue weighted by atomic mass is 16.4. The van der Waals surface area contributed by atoms with Crippen molar-refractivity contribution < 1.29 is 14.7 Å². The van der Waals surface area contributed by atoms with Gasteiger partial charge in [0.2, 0.25) is 0 Å². The van der Waals surface area contributed by atoms with Crippen LogP contribution < -0.4 is 5.32 Å². The molecule has 2 aromatic rings. The molecular formula is C20H22N4O3. The fourth-order valence-corrected chi connectivity index (χ4v) is 4.32. The summed E-state index contributed by atoms with van der Waals surface area (Å²) in [5.41, 5.74) is 1.56. The Kier molecular flexibility index (Phi) is 4.30. The number of aliphatic carboxylic acids is 1. The molecule has 2 fully saturated rings. The molecule has 7 nitrogen and oxygen atoms in total. The number of carboxylic acid groups (broad SMARTS) is 1. The van der Waals surface area contributed by atoms with Gasteiger partial charge >= 0.3 is 12.0 Å². The lowest BCUT2D eigenvalue weighted by Crippen LogP contribution is -2.38. The van der Waals surface area contributed by atoms with Crippen molar-refractivity contribution in [3.8, 4) is 11.4 Å². The lowest BCUT2D eigenvalue weighted by Gasteiger charge is -2.23. The number of nitrogens with zero attached hydrogens (tertiary/aromatic N) is 3. The molecule has 2 aliphatic rings. The molecule has 1 saturated heterocycles. The average molecular weight is 366 g/mol. The predicted octanol–water partition coefficient (Wildman–Crippen LogP) is 3.17. The third kappa shape index (κ3) is 3.13. The molecule has 1 aliphatic carbocycles. The number of carbonyl (C=O) groups excluding carboxylic acids is 1. The topological polar surface area (TPSA) is 95.4 Å². The Morgan fingerprint density at radius 1 is 1.33 bits per heavy atom. The molecule has 27 heavy (non-hydrogen) atoms. The first-order valence-corrected chi connectivity index (χ1v) is 9.17. The Hall–Kier alpha value is -2.96. The molecule has 0 spiro atoms. The van der Waals surface area contributed by atoms with Gasteiger partial charge in [0, 0.05) is 36.2 Å². The molecule has 2 heterocycles. The monoisotopic (exact) mass is 366 g/mol. The van der Waals surface area contributed by atoms with E-state index in [1.165, 1.54) is 0 Å². The highest BCUT2D eigenvalue weighted by Gasteiger charge is 2.55. The van der Waals surface area contributed by atoms with Crippen molar-refractivity contribution in [1.82, 2.24) is 14.9 Å². The Labute approximate surface area is 157 Å². The van der Waals surface area contributed by atoms with Crippen molar-refractivity contribution in [3.63, 3.8) is 0 Å². The highest BCUT2D eigenvalue weighted by Crippen LogP contribution is 2.48. The number of anilines is 1. The molecule has 4 rings (SSSR count). The van der Waals surface area contributed by atoms with E-state index in [0.29, 0.717) is 24.5 Å². The molecule has 140 valence electrons. The largest absolute Gasteiger partial charge is 0.481 e. The van der Waals surface area contributed by atoms with Gasteiger partial charge in [-0.05, 0) is 43.9 Å².